The molecule has 3 amide bonds. The van der Waals surface area contributed by atoms with Crippen molar-refractivity contribution in [3.63, 3.8) is 0 Å². The number of imide groups is 1. The Morgan fingerprint density at radius 3 is 2.17 bits per heavy atom. The van der Waals surface area contributed by atoms with Crippen LogP contribution in [0, 0.1) is 17.2 Å². The molecule has 4 atom stereocenters. The van der Waals surface area contributed by atoms with Gasteiger partial charge in [0.15, 0.2) is 5.54 Å². The molecule has 0 aromatic heterocycles. The van der Waals surface area contributed by atoms with Crippen molar-refractivity contribution in [3.05, 3.63) is 71.3 Å². The highest BCUT2D eigenvalue weighted by Gasteiger charge is 2.71. The van der Waals surface area contributed by atoms with Gasteiger partial charge in [-0.3, -0.25) is 34.4 Å². The van der Waals surface area contributed by atoms with Gasteiger partial charge in [-0.1, -0.05) is 54.6 Å². The molecule has 2 fully saturated rings. The lowest BCUT2D eigenvalue weighted by molar-refractivity contribution is -0.162. The van der Waals surface area contributed by atoms with Crippen LogP contribution in [0.5, 0.6) is 0 Å². The van der Waals surface area contributed by atoms with Crippen molar-refractivity contribution in [2.24, 2.45) is 23.3 Å². The number of nitrogens with one attached hydrogen (secondary N) is 1. The highest BCUT2D eigenvalue weighted by molar-refractivity contribution is 6.09. The summed E-state index contributed by atoms with van der Waals surface area (Å²) >= 11 is 0. The van der Waals surface area contributed by atoms with E-state index in [0.29, 0.717) is 16.7 Å². The minimum Gasteiger partial charge on any atom is -0.480 e. The van der Waals surface area contributed by atoms with Gasteiger partial charge in [-0.05, 0) is 11.1 Å². The Hall–Kier alpha value is -4.09. The number of hydrogen-bond donors (Lipinski definition) is 5. The number of carbonyl (C=O) groups is 4. The molecule has 2 heterocycles. The SMILES string of the molecule is N=C(N)c1ccc(C2C3C(=O)N(Cc4ccccc4)C(=O)C3C(CO)(C(=O)O)N2CCC(N)=O)cc1. The van der Waals surface area contributed by atoms with Crippen LogP contribution in [0.15, 0.2) is 54.6 Å². The minimum absolute atomic E-state index is 0.0378. The number of primary amides is 1. The summed E-state index contributed by atoms with van der Waals surface area (Å²) in [5.74, 6) is -6.12. The maximum Gasteiger partial charge on any atom is 0.327 e. The van der Waals surface area contributed by atoms with Gasteiger partial charge in [0.25, 0.3) is 0 Å². The Morgan fingerprint density at radius 2 is 1.64 bits per heavy atom. The first-order chi connectivity index (χ1) is 17.1. The second-order valence-electron chi connectivity index (χ2n) is 9.03. The van der Waals surface area contributed by atoms with Crippen LogP contribution in [0.4, 0.5) is 0 Å². The van der Waals surface area contributed by atoms with Gasteiger partial charge < -0.3 is 21.7 Å². The first-order valence-electron chi connectivity index (χ1n) is 11.4. The molecule has 7 N–H and O–H groups in total. The van der Waals surface area contributed by atoms with Gasteiger partial charge in [-0.2, -0.15) is 0 Å². The molecule has 2 aromatic carbocycles. The number of hydrogen-bond acceptors (Lipinski definition) is 7. The average molecular weight is 494 g/mol. The molecule has 0 radical (unpaired) electrons. The fourth-order valence-corrected chi connectivity index (χ4v) is 5.44. The van der Waals surface area contributed by atoms with E-state index in [1.807, 2.05) is 0 Å². The molecule has 4 unspecified atom stereocenters. The normalized spacial score (nSPS) is 25.7. The number of nitrogens with two attached hydrogens (primary N) is 2. The maximum absolute atomic E-state index is 13.7. The number of amidine groups is 1. The Kier molecular flexibility index (Phi) is 6.61. The Bertz CT molecular complexity index is 1220. The second-order valence-corrected chi connectivity index (χ2v) is 9.03. The fourth-order valence-electron chi connectivity index (χ4n) is 5.44. The van der Waals surface area contributed by atoms with Crippen molar-refractivity contribution >= 4 is 29.5 Å². The van der Waals surface area contributed by atoms with Gasteiger partial charge in [0.2, 0.25) is 17.7 Å². The number of amides is 3. The number of rotatable bonds is 9. The first-order valence-corrected chi connectivity index (χ1v) is 11.4. The molecule has 11 nitrogen and oxygen atoms in total. The highest BCUT2D eigenvalue weighted by atomic mass is 16.4. The number of carbonyl (C=O) groups excluding carboxylic acids is 3. The fraction of sp³-hybridized carbons (Fsp3) is 0.320. The van der Waals surface area contributed by atoms with Gasteiger partial charge in [0, 0.05) is 24.6 Å². The molecule has 2 aliphatic rings. The number of carboxylic acids is 1. The van der Waals surface area contributed by atoms with Crippen molar-refractivity contribution in [2.75, 3.05) is 13.2 Å². The monoisotopic (exact) mass is 493 g/mol. The summed E-state index contributed by atoms with van der Waals surface area (Å²) in [5.41, 5.74) is 10.3. The summed E-state index contributed by atoms with van der Waals surface area (Å²) < 4.78 is 0. The van der Waals surface area contributed by atoms with Crippen LogP contribution < -0.4 is 11.5 Å². The Morgan fingerprint density at radius 1 is 1.00 bits per heavy atom. The largest absolute Gasteiger partial charge is 0.480 e. The van der Waals surface area contributed by atoms with Crippen LogP contribution in [0.25, 0.3) is 0 Å². The third-order valence-electron chi connectivity index (χ3n) is 7.10. The number of likely N-dealkylation sites (tertiary alicyclic amines) is 2. The number of nitrogens with zero attached hydrogens (tertiary/aromatic N) is 2. The van der Waals surface area contributed by atoms with E-state index < -0.39 is 53.7 Å². The average Bonchev–Trinajstić information content (AvgIpc) is 3.29. The molecule has 2 aromatic rings. The predicted molar refractivity (Wildman–Crippen MR) is 127 cm³/mol. The molecular formula is C25H27N5O6. The summed E-state index contributed by atoms with van der Waals surface area (Å²) in [6.07, 6.45) is -0.243. The summed E-state index contributed by atoms with van der Waals surface area (Å²) in [5, 5.41) is 28.5. The van der Waals surface area contributed by atoms with Gasteiger partial charge >= 0.3 is 5.97 Å². The standard InChI is InChI=1S/C25H27N5O6/c26-17(32)10-11-30-20(15-6-8-16(9-7-15)21(27)28)18-19(25(30,13-31)24(35)36)23(34)29(22(18)33)12-14-4-2-1-3-5-14/h1-9,18-20,31H,10-13H2,(H2,26,32)(H3,27,28)(H,35,36). The second kappa shape index (κ2) is 9.51. The molecule has 0 bridgehead atoms. The quantitative estimate of drug-likeness (QED) is 0.180. The molecule has 0 saturated carbocycles. The predicted octanol–water partition coefficient (Wildman–Crippen LogP) is -0.180. The molecule has 4 rings (SSSR count). The number of nitrogen functional groups attached to an aromatic ring is 1. The smallest absolute Gasteiger partial charge is 0.327 e. The van der Waals surface area contributed by atoms with Gasteiger partial charge in [0.1, 0.15) is 5.84 Å². The first kappa shape index (κ1) is 25.0. The summed E-state index contributed by atoms with van der Waals surface area (Å²) in [4.78, 5) is 54.1. The van der Waals surface area contributed by atoms with E-state index in [1.165, 1.54) is 4.90 Å². The summed E-state index contributed by atoms with van der Waals surface area (Å²) in [7, 11) is 0. The molecule has 0 aliphatic carbocycles. The Balaban J connectivity index is 1.85. The molecule has 188 valence electrons. The van der Waals surface area contributed by atoms with Crippen LogP contribution >= 0.6 is 0 Å². The molecule has 0 spiro atoms. The number of fused-ring (bicyclic) bond motifs is 1. The summed E-state index contributed by atoms with van der Waals surface area (Å²) in [6.45, 7) is -1.18. The van der Waals surface area contributed by atoms with Crippen LogP contribution in [0.2, 0.25) is 0 Å². The highest BCUT2D eigenvalue weighted by Crippen LogP contribution is 2.55. The van der Waals surface area contributed by atoms with E-state index in [1.54, 1.807) is 54.6 Å². The van der Waals surface area contributed by atoms with E-state index >= 15 is 0 Å². The van der Waals surface area contributed by atoms with E-state index in [-0.39, 0.29) is 25.3 Å². The Labute approximate surface area is 206 Å². The lowest BCUT2D eigenvalue weighted by atomic mass is 9.79. The van der Waals surface area contributed by atoms with E-state index in [4.69, 9.17) is 16.9 Å². The van der Waals surface area contributed by atoms with Crippen LogP contribution in [-0.2, 0) is 25.7 Å². The third-order valence-corrected chi connectivity index (χ3v) is 7.10. The zero-order valence-electron chi connectivity index (χ0n) is 19.3. The van der Waals surface area contributed by atoms with Crippen LogP contribution in [0.1, 0.15) is 29.2 Å². The molecule has 11 heteroatoms. The number of carboxylic acid groups (broad SMARTS) is 1. The number of benzene rings is 2. The van der Waals surface area contributed by atoms with Crippen molar-refractivity contribution in [1.82, 2.24) is 9.80 Å². The number of aliphatic carboxylic acids is 1. The third kappa shape index (κ3) is 3.91. The van der Waals surface area contributed by atoms with Crippen molar-refractivity contribution in [1.29, 1.82) is 5.41 Å². The molecular weight excluding hydrogens is 466 g/mol. The van der Waals surface area contributed by atoms with Gasteiger partial charge in [0.05, 0.1) is 25.0 Å². The molecule has 2 saturated heterocycles. The maximum atomic E-state index is 13.7. The van der Waals surface area contributed by atoms with Crippen molar-refractivity contribution in [3.8, 4) is 0 Å². The lowest BCUT2D eigenvalue weighted by Gasteiger charge is -2.39. The van der Waals surface area contributed by atoms with Crippen molar-refractivity contribution in [2.45, 2.75) is 24.5 Å². The van der Waals surface area contributed by atoms with Crippen LogP contribution in [-0.4, -0.2) is 68.2 Å². The van der Waals surface area contributed by atoms with E-state index in [9.17, 15) is 29.4 Å². The van der Waals surface area contributed by atoms with Crippen LogP contribution in [0.3, 0.4) is 0 Å². The molecule has 36 heavy (non-hydrogen) atoms. The number of aliphatic hydroxyl groups excluding tert-OH is 1. The van der Waals surface area contributed by atoms with Crippen molar-refractivity contribution < 1.29 is 29.4 Å². The zero-order chi connectivity index (χ0) is 26.2. The van der Waals surface area contributed by atoms with E-state index in [0.717, 1.165) is 4.90 Å². The summed E-state index contributed by atoms with van der Waals surface area (Å²) in [6, 6.07) is 14.2. The molecule has 2 aliphatic heterocycles. The number of aliphatic hydroxyl groups is 1. The zero-order valence-corrected chi connectivity index (χ0v) is 19.3. The minimum atomic E-state index is -2.15. The van der Waals surface area contributed by atoms with E-state index in [2.05, 4.69) is 0 Å². The van der Waals surface area contributed by atoms with Gasteiger partial charge in [-0.15, -0.1) is 0 Å². The topological polar surface area (TPSA) is 191 Å². The van der Waals surface area contributed by atoms with Gasteiger partial charge in [-0.25, -0.2) is 0 Å². The lowest BCUT2D eigenvalue weighted by Crippen LogP contribution is -2.60.